The van der Waals surface area contributed by atoms with Crippen LogP contribution >= 0.6 is 0 Å². The van der Waals surface area contributed by atoms with E-state index in [4.69, 9.17) is 0 Å². The van der Waals surface area contributed by atoms with Gasteiger partial charge in [0.2, 0.25) is 5.65 Å². The zero-order valence-electron chi connectivity index (χ0n) is 11.3. The third-order valence-corrected chi connectivity index (χ3v) is 3.80. The molecule has 0 aliphatic carbocycles. The summed E-state index contributed by atoms with van der Waals surface area (Å²) >= 11 is 0. The summed E-state index contributed by atoms with van der Waals surface area (Å²) in [5, 5.41) is 18.0. The fraction of sp³-hybridized carbons (Fsp3) is 0.462. The molecule has 20 heavy (non-hydrogen) atoms. The third kappa shape index (κ3) is 2.25. The van der Waals surface area contributed by atoms with Crippen molar-refractivity contribution in [1.82, 2.24) is 20.0 Å². The molecule has 0 aromatic carbocycles. The summed E-state index contributed by atoms with van der Waals surface area (Å²) in [6, 6.07) is 5.36. The van der Waals surface area contributed by atoms with E-state index in [2.05, 4.69) is 22.5 Å². The molecule has 0 spiro atoms. The molecule has 1 aliphatic rings. The lowest BCUT2D eigenvalue weighted by molar-refractivity contribution is -0.391. The van der Waals surface area contributed by atoms with Gasteiger partial charge in [-0.25, -0.2) is 4.98 Å². The smallest absolute Gasteiger partial charge is 0.352 e. The van der Waals surface area contributed by atoms with Crippen LogP contribution in [0.3, 0.4) is 0 Å². The number of rotatable bonds is 4. The van der Waals surface area contributed by atoms with Crippen LogP contribution in [0.5, 0.6) is 0 Å². The number of pyridine rings is 1. The van der Waals surface area contributed by atoms with Crippen LogP contribution in [-0.2, 0) is 6.54 Å². The molecule has 0 bridgehead atoms. The van der Waals surface area contributed by atoms with Crippen LogP contribution in [0.15, 0.2) is 24.4 Å². The van der Waals surface area contributed by atoms with Crippen molar-refractivity contribution in [1.29, 1.82) is 0 Å². The second-order valence-electron chi connectivity index (χ2n) is 5.41. The topological polar surface area (TPSA) is 84.5 Å². The molecule has 1 unspecified atom stereocenters. The van der Waals surface area contributed by atoms with Gasteiger partial charge in [-0.1, -0.05) is 6.07 Å². The van der Waals surface area contributed by atoms with Gasteiger partial charge in [-0.3, -0.25) is 0 Å². The summed E-state index contributed by atoms with van der Waals surface area (Å²) < 4.78 is 1.52. The van der Waals surface area contributed by atoms with Gasteiger partial charge in [0.05, 0.1) is 6.20 Å². The lowest BCUT2D eigenvalue weighted by Crippen LogP contribution is -2.43. The minimum atomic E-state index is -0.369. The number of hydrogen-bond donors (Lipinski definition) is 2. The SMILES string of the molecule is CC1(NCc2nc3ccccn3c2[N+](=O)[O-])CCNC1. The lowest BCUT2D eigenvalue weighted by Gasteiger charge is -2.23. The van der Waals surface area contributed by atoms with E-state index in [9.17, 15) is 10.1 Å². The molecule has 0 saturated carbocycles. The fourth-order valence-corrected chi connectivity index (χ4v) is 2.61. The van der Waals surface area contributed by atoms with Gasteiger partial charge in [0.15, 0.2) is 5.69 Å². The number of fused-ring (bicyclic) bond motifs is 1. The van der Waals surface area contributed by atoms with Crippen molar-refractivity contribution in [2.24, 2.45) is 0 Å². The molecule has 0 amide bonds. The normalized spacial score (nSPS) is 22.4. The van der Waals surface area contributed by atoms with Crippen molar-refractivity contribution in [2.75, 3.05) is 13.1 Å². The number of nitrogens with zero attached hydrogens (tertiary/aromatic N) is 3. The van der Waals surface area contributed by atoms with Gasteiger partial charge in [-0.15, -0.1) is 0 Å². The number of nitro groups is 1. The van der Waals surface area contributed by atoms with E-state index in [0.717, 1.165) is 19.5 Å². The first-order valence-corrected chi connectivity index (χ1v) is 6.65. The molecule has 1 aliphatic heterocycles. The highest BCUT2D eigenvalue weighted by Crippen LogP contribution is 2.22. The zero-order valence-corrected chi connectivity index (χ0v) is 11.3. The van der Waals surface area contributed by atoms with Crippen molar-refractivity contribution in [3.05, 3.63) is 40.2 Å². The Hall–Kier alpha value is -1.99. The van der Waals surface area contributed by atoms with Gasteiger partial charge in [0, 0.05) is 24.7 Å². The predicted octanol–water partition coefficient (Wildman–Crippen LogP) is 1.08. The average molecular weight is 275 g/mol. The van der Waals surface area contributed by atoms with E-state index in [-0.39, 0.29) is 16.3 Å². The van der Waals surface area contributed by atoms with Crippen LogP contribution in [0.2, 0.25) is 0 Å². The van der Waals surface area contributed by atoms with Crippen molar-refractivity contribution in [3.63, 3.8) is 0 Å². The summed E-state index contributed by atoms with van der Waals surface area (Å²) in [6.07, 6.45) is 2.68. The standard InChI is InChI=1S/C13H17N5O2/c1-13(5-6-14-9-13)15-8-10-12(18(19)20)17-7-3-2-4-11(17)16-10/h2-4,7,14-15H,5-6,8-9H2,1H3. The molecule has 106 valence electrons. The molecule has 0 radical (unpaired) electrons. The van der Waals surface area contributed by atoms with E-state index < -0.39 is 0 Å². The van der Waals surface area contributed by atoms with Crippen molar-refractivity contribution < 1.29 is 4.92 Å². The maximum Gasteiger partial charge on any atom is 0.352 e. The van der Waals surface area contributed by atoms with Crippen LogP contribution in [0.4, 0.5) is 5.82 Å². The molecule has 1 atom stereocenters. The van der Waals surface area contributed by atoms with Crippen LogP contribution in [0, 0.1) is 10.1 Å². The van der Waals surface area contributed by atoms with Crippen LogP contribution in [0.1, 0.15) is 19.0 Å². The van der Waals surface area contributed by atoms with Gasteiger partial charge in [0.1, 0.15) is 0 Å². The van der Waals surface area contributed by atoms with Gasteiger partial charge < -0.3 is 20.7 Å². The van der Waals surface area contributed by atoms with Gasteiger partial charge >= 0.3 is 5.82 Å². The highest BCUT2D eigenvalue weighted by molar-refractivity contribution is 5.48. The van der Waals surface area contributed by atoms with Crippen molar-refractivity contribution in [3.8, 4) is 0 Å². The van der Waals surface area contributed by atoms with Crippen LogP contribution in [-0.4, -0.2) is 32.9 Å². The Bertz CT molecular complexity index is 645. The number of imidazole rings is 1. The number of nitrogens with one attached hydrogen (secondary N) is 2. The first-order chi connectivity index (χ1) is 9.59. The van der Waals surface area contributed by atoms with E-state index in [1.165, 1.54) is 4.40 Å². The Kier molecular flexibility index (Phi) is 3.15. The van der Waals surface area contributed by atoms with E-state index >= 15 is 0 Å². The molecule has 2 N–H and O–H groups in total. The minimum absolute atomic E-state index is 0.0241. The Morgan fingerprint density at radius 3 is 3.15 bits per heavy atom. The fourth-order valence-electron chi connectivity index (χ4n) is 2.61. The van der Waals surface area contributed by atoms with Crippen LogP contribution < -0.4 is 10.6 Å². The monoisotopic (exact) mass is 275 g/mol. The molecular weight excluding hydrogens is 258 g/mol. The Morgan fingerprint density at radius 2 is 2.45 bits per heavy atom. The second-order valence-corrected chi connectivity index (χ2v) is 5.41. The van der Waals surface area contributed by atoms with Gasteiger partial charge in [0.25, 0.3) is 0 Å². The molecule has 2 aromatic heterocycles. The summed E-state index contributed by atoms with van der Waals surface area (Å²) in [5.74, 6) is 0.0441. The molecule has 1 fully saturated rings. The third-order valence-electron chi connectivity index (χ3n) is 3.80. The molecule has 3 rings (SSSR count). The maximum atomic E-state index is 11.3. The van der Waals surface area contributed by atoms with E-state index in [1.54, 1.807) is 18.3 Å². The van der Waals surface area contributed by atoms with Gasteiger partial charge in [-0.2, -0.15) is 4.40 Å². The van der Waals surface area contributed by atoms with E-state index in [1.807, 2.05) is 6.07 Å². The molecular formula is C13H17N5O2. The molecule has 7 nitrogen and oxygen atoms in total. The Balaban J connectivity index is 1.90. The quantitative estimate of drug-likeness (QED) is 0.644. The first kappa shape index (κ1) is 13.0. The number of aromatic nitrogens is 2. The Labute approximate surface area is 116 Å². The van der Waals surface area contributed by atoms with E-state index in [0.29, 0.717) is 17.9 Å². The maximum absolute atomic E-state index is 11.3. The Morgan fingerprint density at radius 1 is 1.60 bits per heavy atom. The summed E-state index contributed by atoms with van der Waals surface area (Å²) in [4.78, 5) is 15.3. The summed E-state index contributed by atoms with van der Waals surface area (Å²) in [7, 11) is 0. The van der Waals surface area contributed by atoms with Crippen molar-refractivity contribution in [2.45, 2.75) is 25.4 Å². The molecule has 7 heteroatoms. The minimum Gasteiger partial charge on any atom is -0.358 e. The molecule has 2 aromatic rings. The van der Waals surface area contributed by atoms with Crippen molar-refractivity contribution >= 4 is 11.5 Å². The summed E-state index contributed by atoms with van der Waals surface area (Å²) in [5.41, 5.74) is 1.06. The van der Waals surface area contributed by atoms with Crippen LogP contribution in [0.25, 0.3) is 5.65 Å². The first-order valence-electron chi connectivity index (χ1n) is 6.65. The number of hydrogen-bond acceptors (Lipinski definition) is 5. The largest absolute Gasteiger partial charge is 0.358 e. The highest BCUT2D eigenvalue weighted by Gasteiger charge is 2.30. The highest BCUT2D eigenvalue weighted by atomic mass is 16.6. The average Bonchev–Trinajstić information content (AvgIpc) is 3.00. The lowest BCUT2D eigenvalue weighted by atomic mass is 10.0. The zero-order chi connectivity index (χ0) is 14.2. The molecule has 3 heterocycles. The van der Waals surface area contributed by atoms with Gasteiger partial charge in [-0.05, 0) is 30.9 Å². The second kappa shape index (κ2) is 4.84. The summed E-state index contributed by atoms with van der Waals surface area (Å²) in [6.45, 7) is 4.36. The molecule has 1 saturated heterocycles. The predicted molar refractivity (Wildman–Crippen MR) is 74.6 cm³/mol.